The highest BCUT2D eigenvalue weighted by Gasteiger charge is 2.47. The van der Waals surface area contributed by atoms with E-state index in [1.54, 1.807) is 4.90 Å². The van der Waals surface area contributed by atoms with Crippen molar-refractivity contribution in [3.05, 3.63) is 47.2 Å². The van der Waals surface area contributed by atoms with Crippen molar-refractivity contribution in [2.45, 2.75) is 45.4 Å². The van der Waals surface area contributed by atoms with Crippen molar-refractivity contribution in [2.75, 3.05) is 6.61 Å². The third-order valence-corrected chi connectivity index (χ3v) is 5.72. The molecule has 0 radical (unpaired) electrons. The summed E-state index contributed by atoms with van der Waals surface area (Å²) >= 11 is 1.48. The molecular weight excluding hydrogens is 348 g/mol. The summed E-state index contributed by atoms with van der Waals surface area (Å²) in [5.74, 6) is -0.150. The molecule has 0 spiro atoms. The molecule has 1 aromatic rings. The molecule has 1 amide bonds. The number of hydrogen-bond donors (Lipinski definition) is 0. The SMILES string of the molecule is CC[C@H]1SC2=NC(C)=C(C(=O)OCC(C)C)[C@@H](c3ccccc3)N2C1=O. The van der Waals surface area contributed by atoms with Crippen LogP contribution in [0.4, 0.5) is 0 Å². The first-order chi connectivity index (χ1) is 12.4. The zero-order valence-electron chi connectivity index (χ0n) is 15.6. The van der Waals surface area contributed by atoms with Crippen LogP contribution in [0.2, 0.25) is 0 Å². The van der Waals surface area contributed by atoms with Gasteiger partial charge >= 0.3 is 5.97 Å². The third-order valence-electron chi connectivity index (χ3n) is 4.41. The molecule has 0 N–H and O–H groups in total. The molecule has 138 valence electrons. The number of rotatable bonds is 5. The van der Waals surface area contributed by atoms with Crippen LogP contribution in [0.3, 0.4) is 0 Å². The fraction of sp³-hybridized carbons (Fsp3) is 0.450. The molecule has 2 aliphatic rings. The topological polar surface area (TPSA) is 59.0 Å². The van der Waals surface area contributed by atoms with E-state index in [2.05, 4.69) is 4.99 Å². The summed E-state index contributed by atoms with van der Waals surface area (Å²) in [7, 11) is 0. The van der Waals surface area contributed by atoms with Crippen LogP contribution in [0.25, 0.3) is 0 Å². The molecule has 1 fully saturated rings. The second-order valence-corrected chi connectivity index (χ2v) is 8.09. The Morgan fingerprint density at radius 1 is 1.31 bits per heavy atom. The Kier molecular flexibility index (Phi) is 5.51. The number of carbonyl (C=O) groups is 2. The molecule has 26 heavy (non-hydrogen) atoms. The van der Waals surface area contributed by atoms with E-state index in [1.807, 2.05) is 58.0 Å². The van der Waals surface area contributed by atoms with E-state index in [1.165, 1.54) is 11.8 Å². The molecule has 2 atom stereocenters. The lowest BCUT2D eigenvalue weighted by Gasteiger charge is -2.33. The monoisotopic (exact) mass is 372 g/mol. The van der Waals surface area contributed by atoms with E-state index in [0.29, 0.717) is 23.0 Å². The lowest BCUT2D eigenvalue weighted by Crippen LogP contribution is -2.40. The van der Waals surface area contributed by atoms with Gasteiger partial charge in [0.2, 0.25) is 5.91 Å². The van der Waals surface area contributed by atoms with E-state index >= 15 is 0 Å². The van der Waals surface area contributed by atoms with Gasteiger partial charge in [-0.2, -0.15) is 0 Å². The average Bonchev–Trinajstić information content (AvgIpc) is 2.94. The molecule has 0 aromatic heterocycles. The average molecular weight is 372 g/mol. The first kappa shape index (κ1) is 18.7. The maximum absolute atomic E-state index is 12.9. The maximum Gasteiger partial charge on any atom is 0.338 e. The summed E-state index contributed by atoms with van der Waals surface area (Å²) in [6.45, 7) is 8.13. The molecule has 1 saturated heterocycles. The fourth-order valence-corrected chi connectivity index (χ4v) is 4.25. The number of benzene rings is 1. The summed E-state index contributed by atoms with van der Waals surface area (Å²) in [4.78, 5) is 32.0. The van der Waals surface area contributed by atoms with Gasteiger partial charge < -0.3 is 4.74 Å². The Hall–Kier alpha value is -2.08. The first-order valence-electron chi connectivity index (χ1n) is 8.95. The van der Waals surface area contributed by atoms with Crippen LogP contribution < -0.4 is 0 Å². The minimum Gasteiger partial charge on any atom is -0.462 e. The highest BCUT2D eigenvalue weighted by atomic mass is 32.2. The van der Waals surface area contributed by atoms with Gasteiger partial charge in [-0.15, -0.1) is 0 Å². The van der Waals surface area contributed by atoms with Crippen LogP contribution in [0.5, 0.6) is 0 Å². The Bertz CT molecular complexity index is 771. The second kappa shape index (κ2) is 7.66. The van der Waals surface area contributed by atoms with Crippen molar-refractivity contribution in [3.8, 4) is 0 Å². The van der Waals surface area contributed by atoms with Crippen molar-refractivity contribution in [1.82, 2.24) is 4.90 Å². The molecule has 6 heteroatoms. The van der Waals surface area contributed by atoms with Gasteiger partial charge in [0.15, 0.2) is 5.17 Å². The number of nitrogens with zero attached hydrogens (tertiary/aromatic N) is 2. The van der Waals surface area contributed by atoms with Gasteiger partial charge in [0.1, 0.15) is 0 Å². The van der Waals surface area contributed by atoms with Crippen LogP contribution in [-0.2, 0) is 14.3 Å². The van der Waals surface area contributed by atoms with Gasteiger partial charge in [-0.05, 0) is 24.8 Å². The Balaban J connectivity index is 2.05. The summed E-state index contributed by atoms with van der Waals surface area (Å²) in [5.41, 5.74) is 1.96. The standard InChI is InChI=1S/C20H24N2O3S/c1-5-15-18(23)22-17(14-9-7-6-8-10-14)16(13(4)21-20(22)26-15)19(24)25-11-12(2)3/h6-10,12,15,17H,5,11H2,1-4H3/t15-,17-/m1/s1. The molecule has 2 aliphatic heterocycles. The number of ether oxygens (including phenoxy) is 1. The van der Waals surface area contributed by atoms with Crippen molar-refractivity contribution in [1.29, 1.82) is 0 Å². The van der Waals surface area contributed by atoms with Crippen LogP contribution in [0.15, 0.2) is 46.6 Å². The predicted octanol–water partition coefficient (Wildman–Crippen LogP) is 3.92. The maximum atomic E-state index is 12.9. The van der Waals surface area contributed by atoms with E-state index in [-0.39, 0.29) is 17.1 Å². The van der Waals surface area contributed by atoms with E-state index in [9.17, 15) is 9.59 Å². The Morgan fingerprint density at radius 3 is 2.62 bits per heavy atom. The molecule has 0 aliphatic carbocycles. The fourth-order valence-electron chi connectivity index (χ4n) is 3.12. The first-order valence-corrected chi connectivity index (χ1v) is 9.83. The van der Waals surface area contributed by atoms with Gasteiger partial charge in [0.05, 0.1) is 29.2 Å². The van der Waals surface area contributed by atoms with Crippen LogP contribution in [-0.4, -0.2) is 33.8 Å². The van der Waals surface area contributed by atoms with Crippen LogP contribution in [0, 0.1) is 5.92 Å². The molecule has 2 heterocycles. The summed E-state index contributed by atoms with van der Waals surface area (Å²) in [5, 5.41) is 0.521. The summed E-state index contributed by atoms with van der Waals surface area (Å²) in [6, 6.07) is 9.14. The van der Waals surface area contributed by atoms with Gasteiger partial charge in [-0.25, -0.2) is 9.79 Å². The number of allylic oxidation sites excluding steroid dienone is 1. The second-order valence-electron chi connectivity index (χ2n) is 6.92. The van der Waals surface area contributed by atoms with E-state index < -0.39 is 12.0 Å². The summed E-state index contributed by atoms with van der Waals surface area (Å²) < 4.78 is 5.49. The number of carbonyl (C=O) groups excluding carboxylic acids is 2. The highest BCUT2D eigenvalue weighted by Crippen LogP contribution is 2.43. The number of amides is 1. The highest BCUT2D eigenvalue weighted by molar-refractivity contribution is 8.15. The Morgan fingerprint density at radius 2 is 2.00 bits per heavy atom. The van der Waals surface area contributed by atoms with Crippen molar-refractivity contribution in [2.24, 2.45) is 10.9 Å². The molecule has 0 saturated carbocycles. The van der Waals surface area contributed by atoms with Crippen molar-refractivity contribution in [3.63, 3.8) is 0 Å². The van der Waals surface area contributed by atoms with Crippen molar-refractivity contribution < 1.29 is 14.3 Å². The minimum absolute atomic E-state index is 0.00626. The summed E-state index contributed by atoms with van der Waals surface area (Å²) in [6.07, 6.45) is 0.729. The van der Waals surface area contributed by atoms with Crippen LogP contribution in [0.1, 0.15) is 45.7 Å². The number of amidine groups is 1. The molecule has 5 nitrogen and oxygen atoms in total. The predicted molar refractivity (Wildman–Crippen MR) is 104 cm³/mol. The van der Waals surface area contributed by atoms with E-state index in [0.717, 1.165) is 12.0 Å². The van der Waals surface area contributed by atoms with Gasteiger partial charge in [0.25, 0.3) is 0 Å². The van der Waals surface area contributed by atoms with Gasteiger partial charge in [-0.1, -0.05) is 62.9 Å². The quantitative estimate of drug-likeness (QED) is 0.735. The zero-order chi connectivity index (χ0) is 18.8. The smallest absolute Gasteiger partial charge is 0.338 e. The Labute approximate surface area is 158 Å². The molecule has 0 bridgehead atoms. The lowest BCUT2D eigenvalue weighted by molar-refractivity contribution is -0.141. The van der Waals surface area contributed by atoms with Crippen molar-refractivity contribution >= 4 is 28.8 Å². The van der Waals surface area contributed by atoms with E-state index in [4.69, 9.17) is 4.74 Å². The molecule has 3 rings (SSSR count). The molecular formula is C20H24N2O3S. The number of fused-ring (bicyclic) bond motifs is 1. The van der Waals surface area contributed by atoms with Gasteiger partial charge in [0, 0.05) is 0 Å². The number of hydrogen-bond acceptors (Lipinski definition) is 5. The molecule has 0 unspecified atom stereocenters. The largest absolute Gasteiger partial charge is 0.462 e. The third kappa shape index (κ3) is 3.43. The zero-order valence-corrected chi connectivity index (χ0v) is 16.4. The lowest BCUT2D eigenvalue weighted by atomic mass is 9.94. The number of esters is 1. The van der Waals surface area contributed by atoms with Gasteiger partial charge in [-0.3, -0.25) is 9.69 Å². The van der Waals surface area contributed by atoms with Crippen LogP contribution >= 0.6 is 11.8 Å². The normalized spacial score (nSPS) is 22.6. The number of aliphatic imine (C=N–C) groups is 1. The molecule has 1 aromatic carbocycles. The minimum atomic E-state index is -0.486. The number of thioether (sulfide) groups is 1.